The number of benzene rings is 2. The van der Waals surface area contributed by atoms with Gasteiger partial charge in [-0.1, -0.05) is 6.07 Å². The highest BCUT2D eigenvalue weighted by atomic mass is 16.5. The standard InChI is InChI=1S/C27H26N6O5/c1-14-30-20-6-4-15(10-22(20)37-14)18-12-29-24-23(18)26(38-17-8-9-36-13-17)33-27(32-24)31-19-7-5-16(25(34)28-2)11-21(19)35-3/h4-7,10-12,17H,8-9,13H2,1-3H3,(H,28,34)(H2,29,31,32,33). The topological polar surface area (TPSA) is 136 Å². The Labute approximate surface area is 217 Å². The quantitative estimate of drug-likeness (QED) is 0.289. The molecule has 194 valence electrons. The number of carbonyl (C=O) groups excluding carboxylic acids is 1. The molecule has 1 aliphatic heterocycles. The van der Waals surface area contributed by atoms with Gasteiger partial charge in [0.2, 0.25) is 11.8 Å². The van der Waals surface area contributed by atoms with Gasteiger partial charge in [0, 0.05) is 37.7 Å². The lowest BCUT2D eigenvalue weighted by molar-refractivity contribution is 0.0962. The number of aromatic nitrogens is 4. The van der Waals surface area contributed by atoms with Crippen LogP contribution in [0.15, 0.2) is 47.0 Å². The molecule has 3 aromatic heterocycles. The molecule has 2 aromatic carbocycles. The van der Waals surface area contributed by atoms with Crippen LogP contribution in [0.1, 0.15) is 22.7 Å². The lowest BCUT2D eigenvalue weighted by atomic mass is 10.1. The molecule has 5 aromatic rings. The Hall–Kier alpha value is -4.64. The smallest absolute Gasteiger partial charge is 0.251 e. The lowest BCUT2D eigenvalue weighted by Gasteiger charge is -2.15. The number of oxazole rings is 1. The van der Waals surface area contributed by atoms with E-state index in [4.69, 9.17) is 28.6 Å². The first kappa shape index (κ1) is 23.7. The summed E-state index contributed by atoms with van der Waals surface area (Å²) in [6.45, 7) is 2.96. The molecule has 38 heavy (non-hydrogen) atoms. The second kappa shape index (κ2) is 9.67. The third-order valence-electron chi connectivity index (χ3n) is 6.41. The van der Waals surface area contributed by atoms with Crippen LogP contribution in [0.3, 0.4) is 0 Å². The van der Waals surface area contributed by atoms with Crippen molar-refractivity contribution in [3.63, 3.8) is 0 Å². The number of aromatic amines is 1. The molecule has 0 aliphatic carbocycles. The predicted molar refractivity (Wildman–Crippen MR) is 141 cm³/mol. The minimum absolute atomic E-state index is 0.121. The largest absolute Gasteiger partial charge is 0.495 e. The Morgan fingerprint density at radius 3 is 2.84 bits per heavy atom. The summed E-state index contributed by atoms with van der Waals surface area (Å²) in [5.74, 6) is 1.62. The monoisotopic (exact) mass is 514 g/mol. The summed E-state index contributed by atoms with van der Waals surface area (Å²) >= 11 is 0. The van der Waals surface area contributed by atoms with Gasteiger partial charge < -0.3 is 34.2 Å². The molecule has 0 spiro atoms. The zero-order valence-corrected chi connectivity index (χ0v) is 21.1. The normalized spacial score (nSPS) is 15.2. The molecule has 1 aliphatic rings. The summed E-state index contributed by atoms with van der Waals surface area (Å²) in [6.07, 6.45) is 2.53. The van der Waals surface area contributed by atoms with E-state index in [0.29, 0.717) is 59.2 Å². The molecule has 1 saturated heterocycles. The summed E-state index contributed by atoms with van der Waals surface area (Å²) < 4.78 is 23.1. The van der Waals surface area contributed by atoms with Crippen molar-refractivity contribution in [1.82, 2.24) is 25.3 Å². The molecule has 0 bridgehead atoms. The number of aryl methyl sites for hydroxylation is 1. The molecule has 0 radical (unpaired) electrons. The first-order valence-electron chi connectivity index (χ1n) is 12.2. The number of nitrogens with one attached hydrogen (secondary N) is 3. The van der Waals surface area contributed by atoms with Gasteiger partial charge in [0.05, 0.1) is 31.4 Å². The first-order chi connectivity index (χ1) is 18.5. The van der Waals surface area contributed by atoms with E-state index in [0.717, 1.165) is 28.5 Å². The molecule has 1 unspecified atom stereocenters. The number of carbonyl (C=O) groups is 1. The molecule has 1 fully saturated rings. The van der Waals surface area contributed by atoms with Gasteiger partial charge in [0.1, 0.15) is 23.0 Å². The van der Waals surface area contributed by atoms with Crippen molar-refractivity contribution in [3.8, 4) is 22.8 Å². The van der Waals surface area contributed by atoms with Gasteiger partial charge in [0.25, 0.3) is 5.91 Å². The van der Waals surface area contributed by atoms with Crippen LogP contribution >= 0.6 is 0 Å². The first-order valence-corrected chi connectivity index (χ1v) is 12.2. The van der Waals surface area contributed by atoms with Crippen LogP contribution in [0, 0.1) is 6.92 Å². The van der Waals surface area contributed by atoms with E-state index >= 15 is 0 Å². The van der Waals surface area contributed by atoms with Crippen molar-refractivity contribution in [2.75, 3.05) is 32.7 Å². The number of ether oxygens (including phenoxy) is 3. The minimum Gasteiger partial charge on any atom is -0.495 e. The second-order valence-electron chi connectivity index (χ2n) is 8.92. The number of fused-ring (bicyclic) bond motifs is 2. The number of hydrogen-bond donors (Lipinski definition) is 3. The number of H-pyrrole nitrogens is 1. The summed E-state index contributed by atoms with van der Waals surface area (Å²) in [5.41, 5.74) is 4.97. The summed E-state index contributed by atoms with van der Waals surface area (Å²) in [7, 11) is 3.12. The number of rotatable bonds is 7. The van der Waals surface area contributed by atoms with E-state index < -0.39 is 0 Å². The van der Waals surface area contributed by atoms with Gasteiger partial charge >= 0.3 is 0 Å². The van der Waals surface area contributed by atoms with Crippen molar-refractivity contribution in [2.24, 2.45) is 0 Å². The van der Waals surface area contributed by atoms with Crippen LogP contribution < -0.4 is 20.1 Å². The van der Waals surface area contributed by atoms with Crippen molar-refractivity contribution >= 4 is 39.7 Å². The fourth-order valence-electron chi connectivity index (χ4n) is 4.54. The summed E-state index contributed by atoms with van der Waals surface area (Å²) in [5, 5.41) is 6.57. The van der Waals surface area contributed by atoms with Crippen molar-refractivity contribution < 1.29 is 23.4 Å². The third-order valence-corrected chi connectivity index (χ3v) is 6.41. The molecular weight excluding hydrogens is 488 g/mol. The molecule has 11 heteroatoms. The third kappa shape index (κ3) is 4.37. The van der Waals surface area contributed by atoms with Crippen LogP contribution in [0.2, 0.25) is 0 Å². The lowest BCUT2D eigenvalue weighted by Crippen LogP contribution is -2.18. The SMILES string of the molecule is CNC(=O)c1ccc(Nc2nc(OC3CCOC3)c3c(-c4ccc5nc(C)oc5c4)c[nH]c3n2)c(OC)c1. The van der Waals surface area contributed by atoms with Crippen molar-refractivity contribution in [1.29, 1.82) is 0 Å². The predicted octanol–water partition coefficient (Wildman–Crippen LogP) is 4.35. The van der Waals surface area contributed by atoms with Gasteiger partial charge in [0.15, 0.2) is 11.5 Å². The van der Waals surface area contributed by atoms with Crippen molar-refractivity contribution in [2.45, 2.75) is 19.4 Å². The number of nitrogens with zero attached hydrogens (tertiary/aromatic N) is 3. The second-order valence-corrected chi connectivity index (χ2v) is 8.92. The number of anilines is 2. The number of methoxy groups -OCH3 is 1. The Kier molecular flexibility index (Phi) is 6.04. The zero-order chi connectivity index (χ0) is 26.2. The van der Waals surface area contributed by atoms with Crippen LogP contribution in [0.5, 0.6) is 11.6 Å². The molecule has 6 rings (SSSR count). The van der Waals surface area contributed by atoms with Crippen molar-refractivity contribution in [3.05, 3.63) is 54.0 Å². The summed E-state index contributed by atoms with van der Waals surface area (Å²) in [4.78, 5) is 29.1. The zero-order valence-electron chi connectivity index (χ0n) is 21.1. The number of hydrogen-bond acceptors (Lipinski definition) is 9. The van der Waals surface area contributed by atoms with Gasteiger partial charge in [-0.05, 0) is 35.9 Å². The minimum atomic E-state index is -0.209. The average molecular weight is 515 g/mol. The molecule has 11 nitrogen and oxygen atoms in total. The van der Waals surface area contributed by atoms with Gasteiger partial charge in [-0.15, -0.1) is 0 Å². The molecule has 3 N–H and O–H groups in total. The molecule has 1 atom stereocenters. The Bertz CT molecular complexity index is 1650. The van der Waals surface area contributed by atoms with Crippen LogP contribution in [0.4, 0.5) is 11.6 Å². The number of amides is 1. The van der Waals surface area contributed by atoms with Gasteiger partial charge in [-0.25, -0.2) is 4.98 Å². The molecular formula is C27H26N6O5. The fraction of sp³-hybridized carbons (Fsp3) is 0.259. The maximum Gasteiger partial charge on any atom is 0.251 e. The van der Waals surface area contributed by atoms with Gasteiger partial charge in [-0.3, -0.25) is 4.79 Å². The van der Waals surface area contributed by atoms with Crippen LogP contribution in [-0.4, -0.2) is 59.3 Å². The molecule has 1 amide bonds. The highest BCUT2D eigenvalue weighted by molar-refractivity contribution is 5.99. The maximum atomic E-state index is 12.0. The van der Waals surface area contributed by atoms with E-state index in [2.05, 4.69) is 20.6 Å². The maximum absolute atomic E-state index is 12.0. The van der Waals surface area contributed by atoms with E-state index in [1.54, 1.807) is 25.2 Å². The molecule has 4 heterocycles. The van der Waals surface area contributed by atoms with Crippen LogP contribution in [0.25, 0.3) is 33.3 Å². The Balaban J connectivity index is 1.42. The van der Waals surface area contributed by atoms with E-state index in [-0.39, 0.29) is 12.0 Å². The fourth-order valence-corrected chi connectivity index (χ4v) is 4.54. The van der Waals surface area contributed by atoms with Crippen LogP contribution in [-0.2, 0) is 4.74 Å². The highest BCUT2D eigenvalue weighted by Crippen LogP contribution is 2.37. The Morgan fingerprint density at radius 2 is 2.05 bits per heavy atom. The molecule has 0 saturated carbocycles. The highest BCUT2D eigenvalue weighted by Gasteiger charge is 2.23. The van der Waals surface area contributed by atoms with E-state index in [1.807, 2.05) is 31.3 Å². The average Bonchev–Trinajstić information content (AvgIpc) is 3.67. The van der Waals surface area contributed by atoms with Gasteiger partial charge in [-0.2, -0.15) is 9.97 Å². The Morgan fingerprint density at radius 1 is 1.16 bits per heavy atom. The summed E-state index contributed by atoms with van der Waals surface area (Å²) in [6, 6.07) is 11.0. The van der Waals surface area contributed by atoms with E-state index in [9.17, 15) is 4.79 Å². The van der Waals surface area contributed by atoms with E-state index in [1.165, 1.54) is 7.11 Å².